The van der Waals surface area contributed by atoms with E-state index in [0.717, 1.165) is 38.5 Å². The summed E-state index contributed by atoms with van der Waals surface area (Å²) in [5, 5.41) is 3.41. The van der Waals surface area contributed by atoms with Gasteiger partial charge < -0.3 is 19.5 Å². The highest BCUT2D eigenvalue weighted by Crippen LogP contribution is 2.22. The fourth-order valence-corrected chi connectivity index (χ4v) is 4.01. The topological polar surface area (TPSA) is 35.8 Å². The summed E-state index contributed by atoms with van der Waals surface area (Å²) < 4.78 is 2.28. The van der Waals surface area contributed by atoms with Gasteiger partial charge in [0, 0.05) is 51.0 Å². The number of nitrogens with zero attached hydrogens (tertiary/aromatic N) is 4. The van der Waals surface area contributed by atoms with Crippen molar-refractivity contribution in [1.29, 1.82) is 0 Å². The summed E-state index contributed by atoms with van der Waals surface area (Å²) in [6.07, 6.45) is 7.98. The Morgan fingerprint density at radius 3 is 2.96 bits per heavy atom. The average Bonchev–Trinajstić information content (AvgIpc) is 2.98. The number of pyridine rings is 1. The van der Waals surface area contributed by atoms with Gasteiger partial charge in [-0.2, -0.15) is 0 Å². The molecule has 0 aromatic carbocycles. The summed E-state index contributed by atoms with van der Waals surface area (Å²) in [6.45, 7) is 6.77. The number of piperidine rings is 1. The smallest absolute Gasteiger partial charge is 0.113 e. The summed E-state index contributed by atoms with van der Waals surface area (Å²) in [7, 11) is 2.23. The van der Waals surface area contributed by atoms with Crippen molar-refractivity contribution >= 4 is 11.2 Å². The molecule has 4 rings (SSSR count). The third kappa shape index (κ3) is 3.21. The molecule has 2 aliphatic heterocycles. The number of piperazine rings is 1. The molecule has 2 aliphatic rings. The van der Waals surface area contributed by atoms with Gasteiger partial charge in [-0.15, -0.1) is 0 Å². The van der Waals surface area contributed by atoms with Gasteiger partial charge >= 0.3 is 0 Å². The highest BCUT2D eigenvalue weighted by Gasteiger charge is 2.19. The van der Waals surface area contributed by atoms with E-state index in [0.29, 0.717) is 0 Å². The zero-order valence-electron chi connectivity index (χ0n) is 14.0. The lowest BCUT2D eigenvalue weighted by atomic mass is 9.95. The number of aromatic nitrogens is 2. The number of fused-ring (bicyclic) bond motifs is 1. The van der Waals surface area contributed by atoms with Gasteiger partial charge in [-0.25, -0.2) is 4.98 Å². The molecule has 0 radical (unpaired) electrons. The predicted molar refractivity (Wildman–Crippen MR) is 94.2 cm³/mol. The second kappa shape index (κ2) is 6.49. The highest BCUT2D eigenvalue weighted by molar-refractivity contribution is 5.59. The van der Waals surface area contributed by atoms with Crippen molar-refractivity contribution in [2.45, 2.75) is 19.3 Å². The third-order valence-electron chi connectivity index (χ3n) is 5.27. The van der Waals surface area contributed by atoms with Crippen molar-refractivity contribution in [3.8, 4) is 0 Å². The summed E-state index contributed by atoms with van der Waals surface area (Å²) in [4.78, 5) is 9.62. The minimum Gasteiger partial charge on any atom is -0.369 e. The highest BCUT2D eigenvalue weighted by atomic mass is 15.2. The lowest BCUT2D eigenvalue weighted by Crippen LogP contribution is -2.43. The molecule has 0 amide bonds. The third-order valence-corrected chi connectivity index (χ3v) is 5.27. The maximum Gasteiger partial charge on any atom is 0.113 e. The number of rotatable bonds is 3. The SMILES string of the molecule is CN1CCCC(Cc2ncc3cc(N4CCNCC4)ccn23)C1. The second-order valence-electron chi connectivity index (χ2n) is 7.07. The van der Waals surface area contributed by atoms with Crippen LogP contribution in [0.5, 0.6) is 0 Å². The zero-order chi connectivity index (χ0) is 15.6. The van der Waals surface area contributed by atoms with Gasteiger partial charge in [0.2, 0.25) is 0 Å². The average molecular weight is 313 g/mol. The molecule has 0 saturated carbocycles. The predicted octanol–water partition coefficient (Wildman–Crippen LogP) is 1.63. The van der Waals surface area contributed by atoms with Gasteiger partial charge in [0.15, 0.2) is 0 Å². The van der Waals surface area contributed by atoms with E-state index in [-0.39, 0.29) is 0 Å². The quantitative estimate of drug-likeness (QED) is 0.934. The molecule has 124 valence electrons. The normalized spacial score (nSPS) is 23.5. The Morgan fingerprint density at radius 1 is 1.26 bits per heavy atom. The molecule has 2 aromatic heterocycles. The number of imidazole rings is 1. The van der Waals surface area contributed by atoms with E-state index in [1.807, 2.05) is 6.20 Å². The Bertz CT molecular complexity index is 658. The Morgan fingerprint density at radius 2 is 2.13 bits per heavy atom. The molecule has 1 N–H and O–H groups in total. The van der Waals surface area contributed by atoms with E-state index in [2.05, 4.69) is 44.9 Å². The van der Waals surface area contributed by atoms with Gasteiger partial charge in [0.25, 0.3) is 0 Å². The number of hydrogen-bond donors (Lipinski definition) is 1. The van der Waals surface area contributed by atoms with Crippen LogP contribution in [0.2, 0.25) is 0 Å². The second-order valence-corrected chi connectivity index (χ2v) is 7.07. The zero-order valence-corrected chi connectivity index (χ0v) is 14.0. The van der Waals surface area contributed by atoms with Crippen molar-refractivity contribution in [2.75, 3.05) is 51.2 Å². The minimum atomic E-state index is 0.743. The molecule has 1 unspecified atom stereocenters. The molecule has 23 heavy (non-hydrogen) atoms. The summed E-state index contributed by atoms with van der Waals surface area (Å²) >= 11 is 0. The van der Waals surface area contributed by atoms with Crippen LogP contribution in [0, 0.1) is 5.92 Å². The number of nitrogens with one attached hydrogen (secondary N) is 1. The van der Waals surface area contributed by atoms with Crippen molar-refractivity contribution in [2.24, 2.45) is 5.92 Å². The van der Waals surface area contributed by atoms with Gasteiger partial charge in [0.1, 0.15) is 5.82 Å². The minimum absolute atomic E-state index is 0.743. The first-order valence-corrected chi connectivity index (χ1v) is 8.90. The first-order chi connectivity index (χ1) is 11.3. The molecule has 0 aliphatic carbocycles. The van der Waals surface area contributed by atoms with E-state index in [1.165, 1.54) is 43.0 Å². The number of anilines is 1. The van der Waals surface area contributed by atoms with Crippen molar-refractivity contribution in [3.63, 3.8) is 0 Å². The Hall–Kier alpha value is -1.59. The Kier molecular flexibility index (Phi) is 4.23. The largest absolute Gasteiger partial charge is 0.369 e. The number of likely N-dealkylation sites (tertiary alicyclic amines) is 1. The van der Waals surface area contributed by atoms with E-state index in [4.69, 9.17) is 4.98 Å². The van der Waals surface area contributed by atoms with Crippen molar-refractivity contribution in [3.05, 3.63) is 30.4 Å². The van der Waals surface area contributed by atoms with Gasteiger partial charge in [-0.1, -0.05) is 0 Å². The lowest BCUT2D eigenvalue weighted by molar-refractivity contribution is 0.207. The monoisotopic (exact) mass is 313 g/mol. The molecule has 2 aromatic rings. The molecular formula is C18H27N5. The first kappa shape index (κ1) is 15.0. The molecule has 4 heterocycles. The van der Waals surface area contributed by atoms with E-state index in [1.54, 1.807) is 0 Å². The van der Waals surface area contributed by atoms with E-state index < -0.39 is 0 Å². The van der Waals surface area contributed by atoms with Gasteiger partial charge in [-0.3, -0.25) is 0 Å². The summed E-state index contributed by atoms with van der Waals surface area (Å²) in [5.41, 5.74) is 2.54. The van der Waals surface area contributed by atoms with Crippen LogP contribution in [0.25, 0.3) is 5.52 Å². The summed E-state index contributed by atoms with van der Waals surface area (Å²) in [5.74, 6) is 1.96. The van der Waals surface area contributed by atoms with Gasteiger partial charge in [0.05, 0.1) is 11.7 Å². The first-order valence-electron chi connectivity index (χ1n) is 8.90. The number of hydrogen-bond acceptors (Lipinski definition) is 4. The molecular weight excluding hydrogens is 286 g/mol. The van der Waals surface area contributed by atoms with E-state index in [9.17, 15) is 0 Å². The maximum absolute atomic E-state index is 4.71. The van der Waals surface area contributed by atoms with Crippen LogP contribution in [-0.4, -0.2) is 60.6 Å². The molecule has 5 heteroatoms. The van der Waals surface area contributed by atoms with Gasteiger partial charge in [-0.05, 0) is 44.5 Å². The molecule has 0 bridgehead atoms. The van der Waals surface area contributed by atoms with Crippen LogP contribution in [0.15, 0.2) is 24.5 Å². The van der Waals surface area contributed by atoms with Crippen LogP contribution in [0.3, 0.4) is 0 Å². The molecule has 2 fully saturated rings. The van der Waals surface area contributed by atoms with Crippen LogP contribution >= 0.6 is 0 Å². The Balaban J connectivity index is 1.52. The summed E-state index contributed by atoms with van der Waals surface area (Å²) in [6, 6.07) is 4.53. The van der Waals surface area contributed by atoms with Crippen LogP contribution < -0.4 is 10.2 Å². The molecule has 5 nitrogen and oxygen atoms in total. The van der Waals surface area contributed by atoms with Crippen LogP contribution in [-0.2, 0) is 6.42 Å². The van der Waals surface area contributed by atoms with E-state index >= 15 is 0 Å². The standard InChI is InChI=1S/C18H27N5/c1-21-7-2-3-15(14-21)11-18-20-13-17-12-16(4-8-23(17)18)22-9-5-19-6-10-22/h4,8,12-13,15,19H,2-3,5-7,9-11,14H2,1H3. The van der Waals surface area contributed by atoms with Crippen molar-refractivity contribution in [1.82, 2.24) is 19.6 Å². The fraction of sp³-hybridized carbons (Fsp3) is 0.611. The lowest BCUT2D eigenvalue weighted by Gasteiger charge is -2.30. The fourth-order valence-electron chi connectivity index (χ4n) is 4.01. The maximum atomic E-state index is 4.71. The Labute approximate surface area is 138 Å². The van der Waals surface area contributed by atoms with Crippen LogP contribution in [0.4, 0.5) is 5.69 Å². The van der Waals surface area contributed by atoms with Crippen molar-refractivity contribution < 1.29 is 0 Å². The molecule has 2 saturated heterocycles. The molecule has 0 spiro atoms. The molecule has 1 atom stereocenters. The van der Waals surface area contributed by atoms with Crippen LogP contribution in [0.1, 0.15) is 18.7 Å².